The van der Waals surface area contributed by atoms with Crippen molar-refractivity contribution in [1.29, 1.82) is 0 Å². The Morgan fingerprint density at radius 1 is 0.800 bits per heavy atom. The third-order valence-electron chi connectivity index (χ3n) is 3.35. The summed E-state index contributed by atoms with van der Waals surface area (Å²) in [7, 11) is 0. The van der Waals surface area contributed by atoms with E-state index < -0.39 is 6.29 Å². The van der Waals surface area contributed by atoms with Crippen LogP contribution in [0, 0.1) is 44.1 Å². The second kappa shape index (κ2) is 15.8. The van der Waals surface area contributed by atoms with Crippen molar-refractivity contribution in [2.24, 2.45) is 0 Å². The molecule has 0 aromatic heterocycles. The molecule has 25 heavy (non-hydrogen) atoms. The molecule has 0 amide bonds. The van der Waals surface area contributed by atoms with Crippen molar-refractivity contribution in [1.82, 2.24) is 0 Å². The molecule has 9 heteroatoms. The molecule has 0 spiro atoms. The molecule has 147 valence electrons. The van der Waals surface area contributed by atoms with Gasteiger partial charge in [0.2, 0.25) is 0 Å². The predicted molar refractivity (Wildman–Crippen MR) is 96.6 cm³/mol. The monoisotopic (exact) mass is 689 g/mol. The average molecular weight is 689 g/mol. The molecule has 3 unspecified atom stereocenters. The molecule has 3 fully saturated rings. The van der Waals surface area contributed by atoms with Gasteiger partial charge in [-0.2, -0.15) is 0 Å². The molecule has 0 saturated carbocycles. The van der Waals surface area contributed by atoms with Crippen molar-refractivity contribution in [2.75, 3.05) is 19.8 Å². The largest absolute Gasteiger partial charge is 0.366 e. The van der Waals surface area contributed by atoms with Crippen LogP contribution >= 0.6 is 22.6 Å². The number of hydrogen-bond donors (Lipinski definition) is 1. The van der Waals surface area contributed by atoms with E-state index in [0.717, 1.165) is 32.5 Å². The molecule has 3 rings (SSSR count). The molecule has 6 atom stereocenters. The van der Waals surface area contributed by atoms with Gasteiger partial charge < -0.3 is 33.5 Å². The Balaban J connectivity index is 0.000000339. The van der Waals surface area contributed by atoms with E-state index in [2.05, 4.69) is 36.4 Å². The fourth-order valence-corrected chi connectivity index (χ4v) is 2.63. The van der Waals surface area contributed by atoms with E-state index in [4.69, 9.17) is 33.5 Å². The quantitative estimate of drug-likeness (QED) is 0.361. The molecule has 0 bridgehead atoms. The summed E-state index contributed by atoms with van der Waals surface area (Å²) >= 11 is 2.22. The molecule has 1 N–H and O–H groups in total. The van der Waals surface area contributed by atoms with Crippen molar-refractivity contribution < 1.29 is 77.6 Å². The van der Waals surface area contributed by atoms with E-state index >= 15 is 0 Å². The number of halogens is 1. The fourth-order valence-electron chi connectivity index (χ4n) is 2.09. The SMILES string of the molecule is CC[C@H]1OCC(C)O1.CC[C@H]1OCC(I)O1.CC[C@H]1OCC(O)O1.[Ac]. The summed E-state index contributed by atoms with van der Waals surface area (Å²) in [5.74, 6) is 0. The van der Waals surface area contributed by atoms with Crippen molar-refractivity contribution in [3.8, 4) is 0 Å². The van der Waals surface area contributed by atoms with Crippen LogP contribution in [-0.2, 0) is 28.4 Å². The van der Waals surface area contributed by atoms with Gasteiger partial charge in [0.1, 0.15) is 10.7 Å². The third kappa shape index (κ3) is 12.1. The van der Waals surface area contributed by atoms with Gasteiger partial charge in [-0.25, -0.2) is 0 Å². The van der Waals surface area contributed by atoms with Gasteiger partial charge in [-0.3, -0.25) is 0 Å². The molecule has 7 nitrogen and oxygen atoms in total. The van der Waals surface area contributed by atoms with E-state index in [1.165, 1.54) is 0 Å². The molecule has 3 aliphatic rings. The van der Waals surface area contributed by atoms with Crippen LogP contribution in [0.1, 0.15) is 47.0 Å². The summed E-state index contributed by atoms with van der Waals surface area (Å²) in [6, 6.07) is 0. The van der Waals surface area contributed by atoms with Crippen LogP contribution in [-0.4, -0.2) is 60.3 Å². The maximum Gasteiger partial charge on any atom is 0.181 e. The van der Waals surface area contributed by atoms with Gasteiger partial charge in [0.05, 0.1) is 19.3 Å². The van der Waals surface area contributed by atoms with Gasteiger partial charge in [0.15, 0.2) is 25.2 Å². The number of alkyl halides is 1. The molecule has 1 radical (unpaired) electrons. The maximum atomic E-state index is 8.68. The Morgan fingerprint density at radius 3 is 1.52 bits per heavy atom. The molecule has 0 aromatic rings. The van der Waals surface area contributed by atoms with E-state index in [0.29, 0.717) is 12.7 Å². The van der Waals surface area contributed by atoms with Crippen molar-refractivity contribution in [3.63, 3.8) is 0 Å². The second-order valence-electron chi connectivity index (χ2n) is 5.60. The van der Waals surface area contributed by atoms with Crippen LogP contribution in [0.15, 0.2) is 0 Å². The zero-order valence-corrected chi connectivity index (χ0v) is 22.5. The minimum Gasteiger partial charge on any atom is -0.366 e. The molecule has 0 aromatic carbocycles. The minimum atomic E-state index is -0.694. The maximum absolute atomic E-state index is 8.68. The van der Waals surface area contributed by atoms with E-state index in [9.17, 15) is 0 Å². The zero-order chi connectivity index (χ0) is 17.9. The van der Waals surface area contributed by atoms with Gasteiger partial charge in [-0.1, -0.05) is 20.8 Å². The zero-order valence-electron chi connectivity index (χ0n) is 15.6. The van der Waals surface area contributed by atoms with E-state index in [-0.39, 0.29) is 67.0 Å². The number of rotatable bonds is 3. The van der Waals surface area contributed by atoms with Crippen LogP contribution in [0.4, 0.5) is 0 Å². The van der Waals surface area contributed by atoms with Crippen LogP contribution in [0.5, 0.6) is 0 Å². The van der Waals surface area contributed by atoms with Crippen LogP contribution < -0.4 is 0 Å². The number of hydrogen-bond acceptors (Lipinski definition) is 7. The summed E-state index contributed by atoms with van der Waals surface area (Å²) in [6.07, 6.45) is 2.30. The summed E-state index contributed by atoms with van der Waals surface area (Å²) in [5, 5.41) is 8.68. The minimum absolute atomic E-state index is 0. The Morgan fingerprint density at radius 2 is 1.28 bits per heavy atom. The summed E-state index contributed by atoms with van der Waals surface area (Å²) < 4.78 is 31.0. The van der Waals surface area contributed by atoms with Crippen molar-refractivity contribution in [2.45, 2.75) is 82.3 Å². The van der Waals surface area contributed by atoms with Crippen LogP contribution in [0.25, 0.3) is 0 Å². The van der Waals surface area contributed by atoms with Crippen molar-refractivity contribution in [3.05, 3.63) is 0 Å². The Hall–Kier alpha value is 1.89. The normalized spacial score (nSPS) is 36.7. The first kappa shape index (κ1) is 26.9. The molecule has 3 aliphatic heterocycles. The predicted octanol–water partition coefficient (Wildman–Crippen LogP) is 2.78. The topological polar surface area (TPSA) is 75.6 Å². The summed E-state index contributed by atoms with van der Waals surface area (Å²) in [4.78, 5) is 0. The van der Waals surface area contributed by atoms with Crippen molar-refractivity contribution >= 4 is 22.6 Å². The number of ether oxygens (including phenoxy) is 6. The van der Waals surface area contributed by atoms with Gasteiger partial charge in [-0.15, -0.1) is 0 Å². The fraction of sp³-hybridized carbons (Fsp3) is 1.00. The smallest absolute Gasteiger partial charge is 0.181 e. The molecule has 3 saturated heterocycles. The molecule has 3 heterocycles. The number of aliphatic hydroxyl groups is 1. The molecule has 0 aliphatic carbocycles. The Labute approximate surface area is 200 Å². The number of aliphatic hydroxyl groups excluding tert-OH is 1. The van der Waals surface area contributed by atoms with Gasteiger partial charge in [0, 0.05) is 44.1 Å². The van der Waals surface area contributed by atoms with Crippen LogP contribution in [0.2, 0.25) is 0 Å². The Bertz CT molecular complexity index is 279. The average Bonchev–Trinajstić information content (AvgIpc) is 3.30. The first-order chi connectivity index (χ1) is 11.5. The summed E-state index contributed by atoms with van der Waals surface area (Å²) in [6.45, 7) is 9.91. The first-order valence-electron chi connectivity index (χ1n) is 8.61. The second-order valence-corrected chi connectivity index (χ2v) is 6.99. The third-order valence-corrected chi connectivity index (χ3v) is 4.00. The van der Waals surface area contributed by atoms with Gasteiger partial charge in [-0.05, 0) is 48.8 Å². The molecular formula is C16H31AcIO7. The Kier molecular flexibility index (Phi) is 17.0. The molecular weight excluding hydrogens is 658 g/mol. The standard InChI is InChI=1S/C6H12O2.C5H9IO2.C5H10O3.Ac/c1-3-6-7-4-5(2)8-6;2*1-2-5-7-3-4(6)8-5;/h5-6H,3-4H2,1-2H3;4-5H,2-3H2,1H3;4-6H,2-3H2,1H3;/t5?,6-;2*4?,5-;/m000./s1. The first-order valence-corrected chi connectivity index (χ1v) is 9.86. The van der Waals surface area contributed by atoms with Gasteiger partial charge in [0.25, 0.3) is 0 Å². The summed E-state index contributed by atoms with van der Waals surface area (Å²) in [5.41, 5.74) is 0. The van der Waals surface area contributed by atoms with Crippen LogP contribution in [0.3, 0.4) is 0 Å². The van der Waals surface area contributed by atoms with E-state index in [1.807, 2.05) is 13.8 Å². The van der Waals surface area contributed by atoms with Gasteiger partial charge >= 0.3 is 0 Å². The van der Waals surface area contributed by atoms with E-state index in [1.54, 1.807) is 0 Å².